The maximum absolute atomic E-state index is 13.0. The van der Waals surface area contributed by atoms with Gasteiger partial charge in [0.1, 0.15) is 0 Å². The molecule has 0 atom stereocenters. The van der Waals surface area contributed by atoms with Gasteiger partial charge in [0.15, 0.2) is 0 Å². The third kappa shape index (κ3) is 7.76. The maximum atomic E-state index is 13.0. The Hall–Kier alpha value is -0.440. The summed E-state index contributed by atoms with van der Waals surface area (Å²) in [7, 11) is -3.63. The fourth-order valence-corrected chi connectivity index (χ4v) is 15.6. The van der Waals surface area contributed by atoms with Crippen LogP contribution in [-0.4, -0.2) is 33.6 Å². The summed E-state index contributed by atoms with van der Waals surface area (Å²) < 4.78 is 32.2. The summed E-state index contributed by atoms with van der Waals surface area (Å²) >= 11 is 0. The summed E-state index contributed by atoms with van der Waals surface area (Å²) in [5.74, 6) is 1.18. The van der Waals surface area contributed by atoms with E-state index in [1.165, 1.54) is 0 Å². The van der Waals surface area contributed by atoms with Crippen LogP contribution in [0.15, 0.2) is 30.3 Å². The first-order valence-corrected chi connectivity index (χ1v) is 14.1. The van der Waals surface area contributed by atoms with E-state index >= 15 is 0 Å². The number of rotatable bonds is 10. The molecule has 0 bridgehead atoms. The average molecular weight is 389 g/mol. The molecule has 0 heterocycles. The van der Waals surface area contributed by atoms with Crippen LogP contribution in [0.4, 0.5) is 0 Å². The molecule has 0 saturated heterocycles. The minimum absolute atomic E-state index is 0.0478. The Morgan fingerprint density at radius 2 is 1.24 bits per heavy atom. The molecule has 1 aromatic carbocycles. The summed E-state index contributed by atoms with van der Waals surface area (Å²) in [6.07, 6.45) is 2.57. The molecule has 0 N–H and O–H groups in total. The van der Waals surface area contributed by atoms with Crippen molar-refractivity contribution in [2.75, 3.05) is 25.2 Å². The van der Waals surface area contributed by atoms with Gasteiger partial charge < -0.3 is 0 Å². The molecule has 146 valence electrons. The molecule has 0 amide bonds. The second-order valence-electron chi connectivity index (χ2n) is 9.18. The Kier molecular flexibility index (Phi) is 7.68. The summed E-state index contributed by atoms with van der Waals surface area (Å²) in [5, 5.41) is 0. The van der Waals surface area contributed by atoms with E-state index in [1.54, 1.807) is 0 Å². The molecule has 0 fully saturated rings. The van der Waals surface area contributed by atoms with Crippen LogP contribution < -0.4 is 0 Å². The van der Waals surface area contributed by atoms with Crippen molar-refractivity contribution in [1.29, 1.82) is 0 Å². The molecule has 5 heteroatoms. The molecule has 1 aromatic rings. The van der Waals surface area contributed by atoms with E-state index < -0.39 is 16.9 Å². The summed E-state index contributed by atoms with van der Waals surface area (Å²) in [6, 6.07) is 9.32. The predicted molar refractivity (Wildman–Crippen MR) is 112 cm³/mol. The Morgan fingerprint density at radius 1 is 0.840 bits per heavy atom. The van der Waals surface area contributed by atoms with E-state index in [0.29, 0.717) is 17.8 Å². The van der Waals surface area contributed by atoms with Gasteiger partial charge in [0.05, 0.1) is 0 Å². The van der Waals surface area contributed by atoms with Crippen LogP contribution in [0.5, 0.6) is 0 Å². The van der Waals surface area contributed by atoms with Crippen molar-refractivity contribution in [3.63, 3.8) is 0 Å². The van der Waals surface area contributed by atoms with Gasteiger partial charge in [-0.15, -0.1) is 0 Å². The van der Waals surface area contributed by atoms with Gasteiger partial charge in [-0.3, -0.25) is 0 Å². The van der Waals surface area contributed by atoms with Crippen molar-refractivity contribution in [1.82, 2.24) is 0 Å². The van der Waals surface area contributed by atoms with Crippen LogP contribution >= 0.6 is 6.83 Å². The molecule has 0 spiro atoms. The molecule has 0 aromatic heterocycles. The zero-order valence-corrected chi connectivity index (χ0v) is 18.7. The molecule has 0 aliphatic carbocycles. The van der Waals surface area contributed by atoms with Crippen molar-refractivity contribution in [2.45, 2.75) is 47.3 Å². The Morgan fingerprint density at radius 3 is 1.60 bits per heavy atom. The monoisotopic (exact) mass is 388 g/mol. The summed E-state index contributed by atoms with van der Waals surface area (Å²) in [6.45, 7) is 12.3. The topological polar surface area (TPSA) is 43.4 Å². The fourth-order valence-electron chi connectivity index (χ4n) is 4.57. The van der Waals surface area contributed by atoms with Crippen molar-refractivity contribution in [3.8, 4) is 0 Å². The predicted octanol–water partition coefficient (Wildman–Crippen LogP) is 5.60. The first-order chi connectivity index (χ1) is 11.3. The second kappa shape index (κ2) is 8.50. The first-order valence-electron chi connectivity index (χ1n) is 9.32. The average Bonchev–Trinajstić information content (AvgIpc) is 2.33. The standard InChI is InChI=1S/C20H37O3PS/c1-17(2)13-24(7,14-18(3)4,15-19(5)6)23-25(21,22)16-20-11-9-8-10-12-20/h8-12,17-19H,13-16H2,1-7H3. The number of hydrogen-bond acceptors (Lipinski definition) is 3. The van der Waals surface area contributed by atoms with Crippen LogP contribution in [0.3, 0.4) is 0 Å². The van der Waals surface area contributed by atoms with E-state index in [9.17, 15) is 8.42 Å². The van der Waals surface area contributed by atoms with Crippen LogP contribution in [-0.2, 0) is 19.8 Å². The molecular formula is C20H37O3PS. The van der Waals surface area contributed by atoms with E-state index in [1.807, 2.05) is 30.3 Å². The molecule has 0 aliphatic heterocycles. The number of benzene rings is 1. The van der Waals surface area contributed by atoms with Gasteiger partial charge in [0, 0.05) is 0 Å². The zero-order valence-electron chi connectivity index (χ0n) is 17.0. The molecule has 25 heavy (non-hydrogen) atoms. The van der Waals surface area contributed by atoms with Gasteiger partial charge in [0.2, 0.25) is 0 Å². The van der Waals surface area contributed by atoms with Gasteiger partial charge in [-0.05, 0) is 0 Å². The first kappa shape index (κ1) is 22.6. The van der Waals surface area contributed by atoms with E-state index in [-0.39, 0.29) is 5.75 Å². The van der Waals surface area contributed by atoms with Gasteiger partial charge in [-0.25, -0.2) is 0 Å². The van der Waals surface area contributed by atoms with Gasteiger partial charge in [0.25, 0.3) is 0 Å². The van der Waals surface area contributed by atoms with Crippen molar-refractivity contribution in [2.24, 2.45) is 17.8 Å². The minimum atomic E-state index is -3.63. The van der Waals surface area contributed by atoms with Crippen LogP contribution in [0.2, 0.25) is 0 Å². The number of hydrogen-bond donors (Lipinski definition) is 0. The molecular weight excluding hydrogens is 351 g/mol. The van der Waals surface area contributed by atoms with E-state index in [2.05, 4.69) is 48.2 Å². The molecule has 0 unspecified atom stereocenters. The quantitative estimate of drug-likeness (QED) is 0.490. The Bertz CT molecular complexity index is 607. The van der Waals surface area contributed by atoms with Crippen LogP contribution in [0.1, 0.15) is 47.1 Å². The third-order valence-corrected chi connectivity index (χ3v) is 12.9. The van der Waals surface area contributed by atoms with Gasteiger partial charge in [-0.1, -0.05) is 0 Å². The second-order valence-corrected chi connectivity index (χ2v) is 16.7. The zero-order chi connectivity index (χ0) is 19.3. The molecule has 0 radical (unpaired) electrons. The summed E-state index contributed by atoms with van der Waals surface area (Å²) in [5.41, 5.74) is 0.784. The fraction of sp³-hybridized carbons (Fsp3) is 0.700. The van der Waals surface area contributed by atoms with E-state index in [4.69, 9.17) is 3.97 Å². The molecule has 0 saturated carbocycles. The van der Waals surface area contributed by atoms with E-state index in [0.717, 1.165) is 24.0 Å². The van der Waals surface area contributed by atoms with Crippen molar-refractivity contribution >= 4 is 16.9 Å². The Labute approximate surface area is 155 Å². The molecule has 1 rings (SSSR count). The van der Waals surface area contributed by atoms with Crippen molar-refractivity contribution < 1.29 is 12.4 Å². The SMILES string of the molecule is CC(C)CP(C)(CC(C)C)(CC(C)C)OS(=O)(=O)Cc1ccccc1. The Balaban J connectivity index is 3.25. The van der Waals surface area contributed by atoms with Crippen LogP contribution in [0, 0.1) is 17.8 Å². The van der Waals surface area contributed by atoms with Gasteiger partial charge >= 0.3 is 155 Å². The summed E-state index contributed by atoms with van der Waals surface area (Å²) in [4.78, 5) is 0. The molecule has 3 nitrogen and oxygen atoms in total. The van der Waals surface area contributed by atoms with Crippen LogP contribution in [0.25, 0.3) is 0 Å². The normalized spacial score (nSPS) is 14.9. The van der Waals surface area contributed by atoms with Gasteiger partial charge in [-0.2, -0.15) is 0 Å². The molecule has 0 aliphatic rings. The third-order valence-electron chi connectivity index (χ3n) is 4.17. The van der Waals surface area contributed by atoms with Crippen molar-refractivity contribution in [3.05, 3.63) is 35.9 Å².